The number of nitrogen functional groups attached to an aromatic ring is 1. The van der Waals surface area contributed by atoms with Crippen molar-refractivity contribution in [1.82, 2.24) is 4.98 Å². The standard InChI is InChI=1S/C8H8N2O/c9-8-4-7(2-1-3-11)5-10-6-8/h4-6,11H,3,9H2. The predicted octanol–water partition coefficient (Wildman–Crippen LogP) is 0.00760. The summed E-state index contributed by atoms with van der Waals surface area (Å²) in [7, 11) is 0. The molecule has 0 aliphatic carbocycles. The second kappa shape index (κ2) is 3.59. The van der Waals surface area contributed by atoms with E-state index in [0.717, 1.165) is 5.56 Å². The second-order valence-electron chi connectivity index (χ2n) is 1.97. The van der Waals surface area contributed by atoms with E-state index < -0.39 is 0 Å². The summed E-state index contributed by atoms with van der Waals surface area (Å²) in [5, 5.41) is 8.37. The molecule has 1 rings (SSSR count). The molecule has 3 N–H and O–H groups in total. The van der Waals surface area contributed by atoms with Gasteiger partial charge in [-0.25, -0.2) is 0 Å². The van der Waals surface area contributed by atoms with Crippen molar-refractivity contribution in [2.75, 3.05) is 12.3 Å². The molecule has 0 aliphatic rings. The van der Waals surface area contributed by atoms with Crippen molar-refractivity contribution in [3.8, 4) is 11.8 Å². The third-order valence-corrected chi connectivity index (χ3v) is 1.07. The van der Waals surface area contributed by atoms with Crippen molar-refractivity contribution in [2.45, 2.75) is 0 Å². The molecule has 1 aromatic rings. The van der Waals surface area contributed by atoms with Gasteiger partial charge in [0.15, 0.2) is 0 Å². The normalized spacial score (nSPS) is 8.45. The van der Waals surface area contributed by atoms with Gasteiger partial charge in [0.1, 0.15) is 6.61 Å². The van der Waals surface area contributed by atoms with Crippen molar-refractivity contribution in [3.05, 3.63) is 24.0 Å². The van der Waals surface area contributed by atoms with Crippen LogP contribution in [0.1, 0.15) is 5.56 Å². The van der Waals surface area contributed by atoms with Crippen LogP contribution in [-0.4, -0.2) is 16.7 Å². The average Bonchev–Trinajstić information content (AvgIpc) is 2.01. The SMILES string of the molecule is Nc1cncc(C#CCO)c1. The van der Waals surface area contributed by atoms with Gasteiger partial charge in [-0.1, -0.05) is 11.8 Å². The van der Waals surface area contributed by atoms with E-state index in [1.165, 1.54) is 0 Å². The van der Waals surface area contributed by atoms with Gasteiger partial charge < -0.3 is 10.8 Å². The summed E-state index contributed by atoms with van der Waals surface area (Å²) in [5.74, 6) is 5.19. The van der Waals surface area contributed by atoms with E-state index >= 15 is 0 Å². The first-order valence-corrected chi connectivity index (χ1v) is 3.13. The van der Waals surface area contributed by atoms with Crippen LogP contribution in [0, 0.1) is 11.8 Å². The molecule has 0 amide bonds. The Kier molecular flexibility index (Phi) is 2.47. The van der Waals surface area contributed by atoms with Gasteiger partial charge in [0, 0.05) is 18.0 Å². The highest BCUT2D eigenvalue weighted by Gasteiger charge is 1.86. The Bertz CT molecular complexity index is 298. The summed E-state index contributed by atoms with van der Waals surface area (Å²) in [6.07, 6.45) is 3.14. The van der Waals surface area contributed by atoms with Crippen molar-refractivity contribution in [1.29, 1.82) is 0 Å². The molecule has 0 atom stereocenters. The Morgan fingerprint density at radius 2 is 2.36 bits per heavy atom. The van der Waals surface area contributed by atoms with Gasteiger partial charge in [-0.2, -0.15) is 0 Å². The number of nitrogens with two attached hydrogens (primary N) is 1. The molecule has 3 heteroatoms. The van der Waals surface area contributed by atoms with Gasteiger partial charge in [0.05, 0.1) is 5.69 Å². The number of hydrogen-bond donors (Lipinski definition) is 2. The number of pyridine rings is 1. The maximum atomic E-state index is 8.37. The number of aliphatic hydroxyl groups excluding tert-OH is 1. The molecular formula is C8H8N2O. The van der Waals surface area contributed by atoms with Crippen molar-refractivity contribution >= 4 is 5.69 Å². The first-order chi connectivity index (χ1) is 5.33. The van der Waals surface area contributed by atoms with Gasteiger partial charge in [0.25, 0.3) is 0 Å². The molecule has 1 aromatic heterocycles. The molecule has 0 radical (unpaired) electrons. The highest BCUT2D eigenvalue weighted by molar-refractivity contribution is 5.43. The number of hydrogen-bond acceptors (Lipinski definition) is 3. The predicted molar refractivity (Wildman–Crippen MR) is 42.6 cm³/mol. The lowest BCUT2D eigenvalue weighted by atomic mass is 10.3. The highest BCUT2D eigenvalue weighted by Crippen LogP contribution is 2.00. The average molecular weight is 148 g/mol. The van der Waals surface area contributed by atoms with E-state index in [1.807, 2.05) is 0 Å². The lowest BCUT2D eigenvalue weighted by molar-refractivity contribution is 0.350. The maximum Gasteiger partial charge on any atom is 0.104 e. The Hall–Kier alpha value is -1.53. The lowest BCUT2D eigenvalue weighted by Gasteiger charge is -1.90. The zero-order chi connectivity index (χ0) is 8.10. The minimum Gasteiger partial charge on any atom is -0.397 e. The van der Waals surface area contributed by atoms with Crippen LogP contribution in [0.15, 0.2) is 18.5 Å². The Morgan fingerprint density at radius 3 is 3.00 bits per heavy atom. The molecule has 0 fully saturated rings. The van der Waals surface area contributed by atoms with E-state index in [9.17, 15) is 0 Å². The smallest absolute Gasteiger partial charge is 0.104 e. The minimum absolute atomic E-state index is 0.144. The fraction of sp³-hybridized carbons (Fsp3) is 0.125. The molecule has 0 aliphatic heterocycles. The van der Waals surface area contributed by atoms with Gasteiger partial charge in [-0.3, -0.25) is 4.98 Å². The summed E-state index contributed by atoms with van der Waals surface area (Å²) in [6, 6.07) is 1.70. The lowest BCUT2D eigenvalue weighted by Crippen LogP contribution is -1.87. The van der Waals surface area contributed by atoms with Crippen molar-refractivity contribution in [2.24, 2.45) is 0 Å². The molecule has 0 saturated heterocycles. The Labute approximate surface area is 64.9 Å². The molecule has 1 heterocycles. The van der Waals surface area contributed by atoms with Crippen LogP contribution >= 0.6 is 0 Å². The zero-order valence-corrected chi connectivity index (χ0v) is 5.91. The zero-order valence-electron chi connectivity index (χ0n) is 5.91. The number of aromatic nitrogens is 1. The van der Waals surface area contributed by atoms with Crippen LogP contribution in [0.2, 0.25) is 0 Å². The van der Waals surface area contributed by atoms with E-state index in [4.69, 9.17) is 10.8 Å². The van der Waals surface area contributed by atoms with E-state index in [2.05, 4.69) is 16.8 Å². The molecule has 0 saturated carbocycles. The minimum atomic E-state index is -0.144. The number of nitrogens with zero attached hydrogens (tertiary/aromatic N) is 1. The monoisotopic (exact) mass is 148 g/mol. The van der Waals surface area contributed by atoms with Crippen molar-refractivity contribution < 1.29 is 5.11 Å². The molecule has 56 valence electrons. The van der Waals surface area contributed by atoms with Gasteiger partial charge in [0.2, 0.25) is 0 Å². The van der Waals surface area contributed by atoms with Crippen LogP contribution in [0.5, 0.6) is 0 Å². The number of anilines is 1. The first-order valence-electron chi connectivity index (χ1n) is 3.13. The largest absolute Gasteiger partial charge is 0.397 e. The van der Waals surface area contributed by atoms with Crippen LogP contribution in [0.3, 0.4) is 0 Å². The molecule has 0 aromatic carbocycles. The Balaban J connectivity index is 2.87. The third-order valence-electron chi connectivity index (χ3n) is 1.07. The number of rotatable bonds is 0. The van der Waals surface area contributed by atoms with E-state index in [0.29, 0.717) is 5.69 Å². The van der Waals surface area contributed by atoms with Gasteiger partial charge >= 0.3 is 0 Å². The molecule has 11 heavy (non-hydrogen) atoms. The fourth-order valence-electron chi connectivity index (χ4n) is 0.668. The van der Waals surface area contributed by atoms with Gasteiger partial charge in [-0.15, -0.1) is 0 Å². The fourth-order valence-corrected chi connectivity index (χ4v) is 0.668. The summed E-state index contributed by atoms with van der Waals surface area (Å²) in [4.78, 5) is 3.83. The summed E-state index contributed by atoms with van der Waals surface area (Å²) in [6.45, 7) is -0.144. The first kappa shape index (κ1) is 7.58. The van der Waals surface area contributed by atoms with Crippen LogP contribution < -0.4 is 5.73 Å². The van der Waals surface area contributed by atoms with Crippen LogP contribution in [-0.2, 0) is 0 Å². The summed E-state index contributed by atoms with van der Waals surface area (Å²) < 4.78 is 0. The van der Waals surface area contributed by atoms with Gasteiger partial charge in [-0.05, 0) is 6.07 Å². The molecular weight excluding hydrogens is 140 g/mol. The molecule has 0 unspecified atom stereocenters. The van der Waals surface area contributed by atoms with Crippen LogP contribution in [0.25, 0.3) is 0 Å². The summed E-state index contributed by atoms with van der Waals surface area (Å²) >= 11 is 0. The topological polar surface area (TPSA) is 59.1 Å². The van der Waals surface area contributed by atoms with Crippen molar-refractivity contribution in [3.63, 3.8) is 0 Å². The third kappa shape index (κ3) is 2.28. The number of aliphatic hydroxyl groups is 1. The molecule has 0 spiro atoms. The maximum absolute atomic E-state index is 8.37. The van der Waals surface area contributed by atoms with E-state index in [-0.39, 0.29) is 6.61 Å². The molecule has 3 nitrogen and oxygen atoms in total. The second-order valence-corrected chi connectivity index (χ2v) is 1.97. The van der Waals surface area contributed by atoms with E-state index in [1.54, 1.807) is 18.5 Å². The molecule has 0 bridgehead atoms. The van der Waals surface area contributed by atoms with Crippen LogP contribution in [0.4, 0.5) is 5.69 Å². The Morgan fingerprint density at radius 1 is 1.55 bits per heavy atom. The highest BCUT2D eigenvalue weighted by atomic mass is 16.2. The quantitative estimate of drug-likeness (QED) is 0.509. The summed E-state index contributed by atoms with van der Waals surface area (Å²) in [5.41, 5.74) is 6.74.